The van der Waals surface area contributed by atoms with Crippen molar-refractivity contribution < 1.29 is 4.74 Å². The Morgan fingerprint density at radius 3 is 2.50 bits per heavy atom. The maximum atomic E-state index is 5.79. The van der Waals surface area contributed by atoms with Crippen LogP contribution in [0.4, 0.5) is 0 Å². The van der Waals surface area contributed by atoms with Crippen LogP contribution < -0.4 is 4.74 Å². The predicted octanol–water partition coefficient (Wildman–Crippen LogP) is 5.28. The van der Waals surface area contributed by atoms with Crippen molar-refractivity contribution in [3.8, 4) is 11.5 Å². The van der Waals surface area contributed by atoms with Gasteiger partial charge in [0.15, 0.2) is 0 Å². The largest absolute Gasteiger partial charge is 0.457 e. The van der Waals surface area contributed by atoms with Crippen LogP contribution in [0.5, 0.6) is 11.5 Å². The summed E-state index contributed by atoms with van der Waals surface area (Å²) < 4.78 is 5.79. The van der Waals surface area contributed by atoms with Crippen molar-refractivity contribution >= 4 is 22.0 Å². The monoisotopic (exact) mass is 302 g/mol. The van der Waals surface area contributed by atoms with Gasteiger partial charge in [-0.1, -0.05) is 57.9 Å². The van der Waals surface area contributed by atoms with Crippen LogP contribution >= 0.6 is 15.9 Å². The summed E-state index contributed by atoms with van der Waals surface area (Å²) in [5.41, 5.74) is 2.44. The standard InChI is InChI=1S/C16H15BrO/c1-13(12-17)10-14-6-5-9-16(11-14)18-15-7-3-2-4-8-15/h2-11H,12H2,1H3. The highest BCUT2D eigenvalue weighted by Gasteiger charge is 1.97. The molecule has 92 valence electrons. The van der Waals surface area contributed by atoms with Crippen LogP contribution in [-0.2, 0) is 0 Å². The molecule has 0 aliphatic heterocycles. The number of para-hydroxylation sites is 1. The Bertz CT molecular complexity index is 532. The van der Waals surface area contributed by atoms with E-state index in [9.17, 15) is 0 Å². The highest BCUT2D eigenvalue weighted by atomic mass is 79.9. The molecule has 2 aromatic rings. The molecule has 0 aromatic heterocycles. The van der Waals surface area contributed by atoms with Crippen molar-refractivity contribution in [1.82, 2.24) is 0 Å². The van der Waals surface area contributed by atoms with E-state index >= 15 is 0 Å². The van der Waals surface area contributed by atoms with Gasteiger partial charge in [-0.25, -0.2) is 0 Å². The zero-order chi connectivity index (χ0) is 12.8. The zero-order valence-electron chi connectivity index (χ0n) is 10.3. The van der Waals surface area contributed by atoms with E-state index < -0.39 is 0 Å². The second-order valence-corrected chi connectivity index (χ2v) is 4.67. The van der Waals surface area contributed by atoms with Crippen molar-refractivity contribution in [2.45, 2.75) is 6.92 Å². The number of alkyl halides is 1. The Morgan fingerprint density at radius 1 is 1.06 bits per heavy atom. The molecule has 0 amide bonds. The summed E-state index contributed by atoms with van der Waals surface area (Å²) >= 11 is 3.45. The van der Waals surface area contributed by atoms with Gasteiger partial charge in [0.2, 0.25) is 0 Å². The number of allylic oxidation sites excluding steroid dienone is 1. The van der Waals surface area contributed by atoms with Crippen molar-refractivity contribution in [2.24, 2.45) is 0 Å². The molecule has 0 aliphatic rings. The topological polar surface area (TPSA) is 9.23 Å². The minimum absolute atomic E-state index is 0.857. The third-order valence-corrected chi connectivity index (χ3v) is 3.35. The lowest BCUT2D eigenvalue weighted by Gasteiger charge is -2.06. The minimum Gasteiger partial charge on any atom is -0.457 e. The number of benzene rings is 2. The van der Waals surface area contributed by atoms with Crippen LogP contribution in [0.3, 0.4) is 0 Å². The van der Waals surface area contributed by atoms with Gasteiger partial charge in [0.25, 0.3) is 0 Å². The van der Waals surface area contributed by atoms with Gasteiger partial charge in [-0.2, -0.15) is 0 Å². The SMILES string of the molecule is CC(=Cc1cccc(Oc2ccccc2)c1)CBr. The fraction of sp³-hybridized carbons (Fsp3) is 0.125. The molecule has 0 saturated heterocycles. The van der Waals surface area contributed by atoms with E-state index in [1.54, 1.807) is 0 Å². The van der Waals surface area contributed by atoms with Crippen LogP contribution in [0.2, 0.25) is 0 Å². The molecule has 2 rings (SSSR count). The maximum Gasteiger partial charge on any atom is 0.128 e. The lowest BCUT2D eigenvalue weighted by atomic mass is 10.1. The Balaban J connectivity index is 2.18. The van der Waals surface area contributed by atoms with E-state index in [4.69, 9.17) is 4.74 Å². The summed E-state index contributed by atoms with van der Waals surface area (Å²) in [4.78, 5) is 0. The first-order chi connectivity index (χ1) is 8.78. The minimum atomic E-state index is 0.857. The van der Waals surface area contributed by atoms with Gasteiger partial charge in [0.1, 0.15) is 11.5 Å². The zero-order valence-corrected chi connectivity index (χ0v) is 11.9. The average Bonchev–Trinajstić information content (AvgIpc) is 2.40. The van der Waals surface area contributed by atoms with Crippen molar-refractivity contribution in [2.75, 3.05) is 5.33 Å². The molecular formula is C16H15BrO. The quantitative estimate of drug-likeness (QED) is 0.698. The highest BCUT2D eigenvalue weighted by molar-refractivity contribution is 9.09. The molecule has 0 saturated carbocycles. The van der Waals surface area contributed by atoms with Crippen molar-refractivity contribution in [1.29, 1.82) is 0 Å². The van der Waals surface area contributed by atoms with E-state index in [0.29, 0.717) is 0 Å². The molecule has 0 fully saturated rings. The van der Waals surface area contributed by atoms with Crippen LogP contribution in [-0.4, -0.2) is 5.33 Å². The van der Waals surface area contributed by atoms with E-state index in [1.807, 2.05) is 48.5 Å². The second-order valence-electron chi connectivity index (χ2n) is 4.11. The summed E-state index contributed by atoms with van der Waals surface area (Å²) in [7, 11) is 0. The van der Waals surface area contributed by atoms with Crippen LogP contribution in [0.15, 0.2) is 60.2 Å². The summed E-state index contributed by atoms with van der Waals surface area (Å²) in [6, 6.07) is 17.9. The molecule has 0 radical (unpaired) electrons. The molecule has 0 atom stereocenters. The number of hydrogen-bond donors (Lipinski definition) is 0. The fourth-order valence-electron chi connectivity index (χ4n) is 1.62. The average molecular weight is 303 g/mol. The highest BCUT2D eigenvalue weighted by Crippen LogP contribution is 2.22. The molecule has 0 N–H and O–H groups in total. The van der Waals surface area contributed by atoms with Gasteiger partial charge in [-0.3, -0.25) is 0 Å². The summed E-state index contributed by atoms with van der Waals surface area (Å²) in [5, 5.41) is 0.886. The molecule has 2 heteroatoms. The lowest BCUT2D eigenvalue weighted by Crippen LogP contribution is -1.84. The number of rotatable bonds is 4. The molecule has 18 heavy (non-hydrogen) atoms. The smallest absolute Gasteiger partial charge is 0.128 e. The third kappa shape index (κ3) is 3.74. The summed E-state index contributed by atoms with van der Waals surface area (Å²) in [6.07, 6.45) is 2.15. The molecule has 0 heterocycles. The van der Waals surface area contributed by atoms with Gasteiger partial charge < -0.3 is 4.74 Å². The molecule has 0 unspecified atom stereocenters. The van der Waals surface area contributed by atoms with E-state index in [0.717, 1.165) is 22.4 Å². The predicted molar refractivity (Wildman–Crippen MR) is 80.4 cm³/mol. The molecular weight excluding hydrogens is 288 g/mol. The Hall–Kier alpha value is -1.54. The molecule has 2 aromatic carbocycles. The summed E-state index contributed by atoms with van der Waals surface area (Å²) in [6.45, 7) is 2.10. The Labute approximate surface area is 116 Å². The number of halogens is 1. The maximum absolute atomic E-state index is 5.79. The van der Waals surface area contributed by atoms with Crippen LogP contribution in [0.1, 0.15) is 12.5 Å². The van der Waals surface area contributed by atoms with E-state index in [2.05, 4.69) is 35.0 Å². The Kier molecular flexibility index (Phi) is 4.59. The first kappa shape index (κ1) is 12.9. The van der Waals surface area contributed by atoms with Crippen molar-refractivity contribution in [3.63, 3.8) is 0 Å². The van der Waals surface area contributed by atoms with Crippen LogP contribution in [0.25, 0.3) is 6.08 Å². The molecule has 0 bridgehead atoms. The molecule has 1 nitrogen and oxygen atoms in total. The lowest BCUT2D eigenvalue weighted by molar-refractivity contribution is 0.482. The molecule has 0 spiro atoms. The fourth-order valence-corrected chi connectivity index (χ4v) is 1.78. The third-order valence-electron chi connectivity index (χ3n) is 2.46. The van der Waals surface area contributed by atoms with E-state index in [1.165, 1.54) is 5.57 Å². The van der Waals surface area contributed by atoms with E-state index in [-0.39, 0.29) is 0 Å². The number of hydrogen-bond acceptors (Lipinski definition) is 1. The van der Waals surface area contributed by atoms with Crippen molar-refractivity contribution in [3.05, 3.63) is 65.7 Å². The molecule has 0 aliphatic carbocycles. The van der Waals surface area contributed by atoms with Gasteiger partial charge in [-0.15, -0.1) is 0 Å². The van der Waals surface area contributed by atoms with Gasteiger partial charge in [-0.05, 0) is 36.8 Å². The van der Waals surface area contributed by atoms with Gasteiger partial charge >= 0.3 is 0 Å². The first-order valence-corrected chi connectivity index (χ1v) is 6.96. The first-order valence-electron chi connectivity index (χ1n) is 5.84. The number of ether oxygens (including phenoxy) is 1. The summed E-state index contributed by atoms with van der Waals surface area (Å²) in [5.74, 6) is 1.72. The van der Waals surface area contributed by atoms with Gasteiger partial charge in [0, 0.05) is 5.33 Å². The Morgan fingerprint density at radius 2 is 1.78 bits per heavy atom. The van der Waals surface area contributed by atoms with Crippen LogP contribution in [0, 0.1) is 0 Å². The van der Waals surface area contributed by atoms with Gasteiger partial charge in [0.05, 0.1) is 0 Å². The normalized spacial score (nSPS) is 11.3. The second kappa shape index (κ2) is 6.41.